The van der Waals surface area contributed by atoms with Crippen molar-refractivity contribution < 1.29 is 9.47 Å². The summed E-state index contributed by atoms with van der Waals surface area (Å²) >= 11 is 0. The molecule has 4 unspecified atom stereocenters. The third-order valence-corrected chi connectivity index (χ3v) is 4.24. The van der Waals surface area contributed by atoms with E-state index in [-0.39, 0.29) is 18.2 Å². The Morgan fingerprint density at radius 2 is 1.70 bits per heavy atom. The van der Waals surface area contributed by atoms with E-state index in [4.69, 9.17) is 15.2 Å². The summed E-state index contributed by atoms with van der Waals surface area (Å²) in [5.41, 5.74) is 7.56. The van der Waals surface area contributed by atoms with E-state index in [0.717, 1.165) is 19.6 Å². The van der Waals surface area contributed by atoms with Gasteiger partial charge in [0.25, 0.3) is 0 Å². The highest BCUT2D eigenvalue weighted by atomic mass is 16.5. The van der Waals surface area contributed by atoms with Crippen molar-refractivity contribution in [2.24, 2.45) is 11.7 Å². The molecule has 2 rings (SSSR count). The Kier molecular flexibility index (Phi) is 5.54. The van der Waals surface area contributed by atoms with Gasteiger partial charge in [-0.05, 0) is 11.5 Å². The molecule has 0 bridgehead atoms. The van der Waals surface area contributed by atoms with Gasteiger partial charge in [-0.1, -0.05) is 37.3 Å². The van der Waals surface area contributed by atoms with Gasteiger partial charge in [0.15, 0.2) is 0 Å². The van der Waals surface area contributed by atoms with E-state index in [0.29, 0.717) is 5.92 Å². The fraction of sp³-hybridized carbons (Fsp3) is 0.625. The Bertz CT molecular complexity index is 387. The van der Waals surface area contributed by atoms with Crippen LogP contribution >= 0.6 is 0 Å². The molecule has 1 aliphatic rings. The molecule has 1 aromatic rings. The molecule has 2 N–H and O–H groups in total. The van der Waals surface area contributed by atoms with Crippen LogP contribution in [-0.2, 0) is 9.47 Å². The molecule has 4 heteroatoms. The third kappa shape index (κ3) is 3.58. The largest absolute Gasteiger partial charge is 0.377 e. The highest BCUT2D eigenvalue weighted by Gasteiger charge is 2.34. The fourth-order valence-corrected chi connectivity index (χ4v) is 2.94. The van der Waals surface area contributed by atoms with E-state index in [1.54, 1.807) is 14.2 Å². The van der Waals surface area contributed by atoms with Gasteiger partial charge >= 0.3 is 0 Å². The molecule has 0 amide bonds. The standard InChI is InChI=1S/C16H26N2O2/c1-12(16(17)13-7-5-4-6-8-13)9-18-10-14(19-2)15(11-18)20-3/h4-8,12,14-16H,9-11,17H2,1-3H3. The van der Waals surface area contributed by atoms with E-state index < -0.39 is 0 Å². The summed E-state index contributed by atoms with van der Waals surface area (Å²) in [5.74, 6) is 0.394. The van der Waals surface area contributed by atoms with Crippen LogP contribution in [0.1, 0.15) is 18.5 Å². The molecule has 0 saturated carbocycles. The maximum atomic E-state index is 6.36. The lowest BCUT2D eigenvalue weighted by atomic mass is 9.95. The van der Waals surface area contributed by atoms with Crippen molar-refractivity contribution in [3.63, 3.8) is 0 Å². The molecule has 0 spiro atoms. The van der Waals surface area contributed by atoms with Gasteiger partial charge in [0.2, 0.25) is 0 Å². The second-order valence-corrected chi connectivity index (χ2v) is 5.68. The smallest absolute Gasteiger partial charge is 0.0971 e. The van der Waals surface area contributed by atoms with Gasteiger partial charge in [0.1, 0.15) is 0 Å². The Morgan fingerprint density at radius 3 is 2.20 bits per heavy atom. The normalized spacial score (nSPS) is 26.6. The van der Waals surface area contributed by atoms with Crippen molar-refractivity contribution in [3.05, 3.63) is 35.9 Å². The first-order valence-corrected chi connectivity index (χ1v) is 7.24. The zero-order chi connectivity index (χ0) is 14.5. The van der Waals surface area contributed by atoms with Crippen molar-refractivity contribution >= 4 is 0 Å². The van der Waals surface area contributed by atoms with Crippen LogP contribution in [0, 0.1) is 5.92 Å². The van der Waals surface area contributed by atoms with Crippen molar-refractivity contribution in [1.29, 1.82) is 0 Å². The van der Waals surface area contributed by atoms with Crippen molar-refractivity contribution in [1.82, 2.24) is 4.90 Å². The fourth-order valence-electron chi connectivity index (χ4n) is 2.94. The van der Waals surface area contributed by atoms with Gasteiger partial charge in [-0.3, -0.25) is 4.90 Å². The summed E-state index contributed by atoms with van der Waals surface area (Å²) in [4.78, 5) is 2.38. The van der Waals surface area contributed by atoms with Gasteiger partial charge in [-0.2, -0.15) is 0 Å². The van der Waals surface area contributed by atoms with Crippen LogP contribution in [0.5, 0.6) is 0 Å². The Hall–Kier alpha value is -0.940. The second-order valence-electron chi connectivity index (χ2n) is 5.68. The first kappa shape index (κ1) is 15.4. The van der Waals surface area contributed by atoms with Gasteiger partial charge in [-0.25, -0.2) is 0 Å². The highest BCUT2D eigenvalue weighted by molar-refractivity contribution is 5.19. The average Bonchev–Trinajstić information content (AvgIpc) is 2.89. The van der Waals surface area contributed by atoms with Crippen LogP contribution in [0.15, 0.2) is 30.3 Å². The number of ether oxygens (including phenoxy) is 2. The minimum absolute atomic E-state index is 0.0683. The van der Waals surface area contributed by atoms with Gasteiger partial charge in [0, 0.05) is 39.9 Å². The quantitative estimate of drug-likeness (QED) is 0.860. The first-order chi connectivity index (χ1) is 9.65. The molecule has 20 heavy (non-hydrogen) atoms. The second kappa shape index (κ2) is 7.18. The lowest BCUT2D eigenvalue weighted by Crippen LogP contribution is -2.33. The summed E-state index contributed by atoms with van der Waals surface area (Å²) in [5, 5.41) is 0. The predicted octanol–water partition coefficient (Wildman–Crippen LogP) is 1.67. The van der Waals surface area contributed by atoms with E-state index in [1.807, 2.05) is 18.2 Å². The van der Waals surface area contributed by atoms with E-state index in [9.17, 15) is 0 Å². The molecule has 4 atom stereocenters. The number of methoxy groups -OCH3 is 2. The molecular weight excluding hydrogens is 252 g/mol. The molecule has 1 fully saturated rings. The lowest BCUT2D eigenvalue weighted by molar-refractivity contribution is -0.00461. The van der Waals surface area contributed by atoms with Crippen LogP contribution in [0.2, 0.25) is 0 Å². The van der Waals surface area contributed by atoms with Crippen LogP contribution in [0.4, 0.5) is 0 Å². The van der Waals surface area contributed by atoms with Crippen LogP contribution < -0.4 is 5.73 Å². The number of nitrogens with two attached hydrogens (primary N) is 1. The SMILES string of the molecule is COC1CN(CC(C)C(N)c2ccccc2)CC1OC. The van der Waals surface area contributed by atoms with Crippen LogP contribution in [0.3, 0.4) is 0 Å². The van der Waals surface area contributed by atoms with Crippen LogP contribution in [-0.4, -0.2) is 51.0 Å². The van der Waals surface area contributed by atoms with Crippen molar-refractivity contribution in [3.8, 4) is 0 Å². The minimum atomic E-state index is 0.0683. The molecule has 112 valence electrons. The zero-order valence-corrected chi connectivity index (χ0v) is 12.7. The maximum absolute atomic E-state index is 6.36. The van der Waals surface area contributed by atoms with E-state index in [2.05, 4.69) is 24.0 Å². The predicted molar refractivity (Wildman–Crippen MR) is 80.6 cm³/mol. The number of benzene rings is 1. The van der Waals surface area contributed by atoms with Crippen molar-refractivity contribution in [2.45, 2.75) is 25.2 Å². The number of nitrogens with zero attached hydrogens (tertiary/aromatic N) is 1. The summed E-state index contributed by atoms with van der Waals surface area (Å²) < 4.78 is 10.9. The van der Waals surface area contributed by atoms with Crippen molar-refractivity contribution in [2.75, 3.05) is 33.9 Å². The molecule has 1 heterocycles. The van der Waals surface area contributed by atoms with Crippen LogP contribution in [0.25, 0.3) is 0 Å². The average molecular weight is 278 g/mol. The number of hydrogen-bond acceptors (Lipinski definition) is 4. The molecular formula is C16H26N2O2. The highest BCUT2D eigenvalue weighted by Crippen LogP contribution is 2.23. The summed E-state index contributed by atoms with van der Waals surface area (Å²) in [6.07, 6.45) is 0.334. The topological polar surface area (TPSA) is 47.7 Å². The van der Waals surface area contributed by atoms with E-state index >= 15 is 0 Å². The molecule has 0 aliphatic carbocycles. The molecule has 4 nitrogen and oxygen atoms in total. The Balaban J connectivity index is 1.90. The molecule has 1 aliphatic heterocycles. The summed E-state index contributed by atoms with van der Waals surface area (Å²) in [7, 11) is 3.50. The third-order valence-electron chi connectivity index (χ3n) is 4.24. The maximum Gasteiger partial charge on any atom is 0.0971 e. The van der Waals surface area contributed by atoms with E-state index in [1.165, 1.54) is 5.56 Å². The minimum Gasteiger partial charge on any atom is -0.377 e. The lowest BCUT2D eigenvalue weighted by Gasteiger charge is -2.25. The summed E-state index contributed by atoms with van der Waals surface area (Å²) in [6.45, 7) is 5.01. The molecule has 0 aromatic heterocycles. The Labute approximate surface area is 121 Å². The number of rotatable bonds is 6. The monoisotopic (exact) mass is 278 g/mol. The van der Waals surface area contributed by atoms with Gasteiger partial charge in [0.05, 0.1) is 12.2 Å². The number of likely N-dealkylation sites (tertiary alicyclic amines) is 1. The Morgan fingerprint density at radius 1 is 1.15 bits per heavy atom. The summed E-state index contributed by atoms with van der Waals surface area (Å²) in [6, 6.07) is 10.4. The van der Waals surface area contributed by atoms with Gasteiger partial charge in [-0.15, -0.1) is 0 Å². The zero-order valence-electron chi connectivity index (χ0n) is 12.7. The first-order valence-electron chi connectivity index (χ1n) is 7.24. The molecule has 1 saturated heterocycles. The number of hydrogen-bond donors (Lipinski definition) is 1. The molecule has 1 aromatic carbocycles. The molecule has 0 radical (unpaired) electrons. The van der Waals surface area contributed by atoms with Gasteiger partial charge < -0.3 is 15.2 Å².